The molecule has 3 nitrogen and oxygen atoms in total. The van der Waals surface area contributed by atoms with E-state index in [-0.39, 0.29) is 0 Å². The average Bonchev–Trinajstić information content (AvgIpc) is 2.72. The molecule has 0 fully saturated rings. The van der Waals surface area contributed by atoms with Crippen LogP contribution in [0, 0.1) is 0 Å². The van der Waals surface area contributed by atoms with Gasteiger partial charge in [-0.15, -0.1) is 0 Å². The van der Waals surface area contributed by atoms with Crippen LogP contribution in [-0.4, -0.2) is 16.2 Å². The normalized spacial score (nSPS) is 11.4. The second kappa shape index (κ2) is 7.63. The van der Waals surface area contributed by atoms with Crippen LogP contribution in [-0.2, 0) is 17.9 Å². The molecule has 114 valence electrons. The highest BCUT2D eigenvalue weighted by Crippen LogP contribution is 2.27. The molecule has 0 aliphatic rings. The van der Waals surface area contributed by atoms with Gasteiger partial charge in [0, 0.05) is 18.7 Å². The number of allylic oxidation sites excluding steroid dienone is 2. The van der Waals surface area contributed by atoms with Crippen molar-refractivity contribution >= 4 is 0 Å². The van der Waals surface area contributed by atoms with Gasteiger partial charge in [-0.25, -0.2) is 4.98 Å². The molecule has 0 aromatic carbocycles. The Labute approximate surface area is 124 Å². The maximum absolute atomic E-state index is 5.65. The molecular formula is C17H30N2O. The topological polar surface area (TPSA) is 27.1 Å². The Kier molecular flexibility index (Phi) is 6.47. The lowest BCUT2D eigenvalue weighted by Gasteiger charge is -2.15. The molecule has 1 aromatic heterocycles. The Balaban J connectivity index is 3.25. The quantitative estimate of drug-likeness (QED) is 0.680. The van der Waals surface area contributed by atoms with Crippen molar-refractivity contribution in [2.45, 2.75) is 73.5 Å². The van der Waals surface area contributed by atoms with E-state index in [1.54, 1.807) is 0 Å². The monoisotopic (exact) mass is 278 g/mol. The van der Waals surface area contributed by atoms with Gasteiger partial charge in [0.2, 0.25) is 0 Å². The van der Waals surface area contributed by atoms with E-state index in [1.807, 2.05) is 6.92 Å². The van der Waals surface area contributed by atoms with Crippen LogP contribution >= 0.6 is 0 Å². The Morgan fingerprint density at radius 1 is 1.20 bits per heavy atom. The summed E-state index contributed by atoms with van der Waals surface area (Å²) in [7, 11) is 0. The molecule has 1 aromatic rings. The van der Waals surface area contributed by atoms with Crippen LogP contribution in [0.5, 0.6) is 0 Å². The highest BCUT2D eigenvalue weighted by Gasteiger charge is 2.20. The smallest absolute Gasteiger partial charge is 0.124 e. The molecule has 0 saturated heterocycles. The fourth-order valence-corrected chi connectivity index (χ4v) is 2.34. The Hall–Kier alpha value is -1.09. The summed E-state index contributed by atoms with van der Waals surface area (Å²) in [6.45, 7) is 16.5. The number of nitrogens with zero attached hydrogens (tertiary/aromatic N) is 2. The maximum Gasteiger partial charge on any atom is 0.124 e. The van der Waals surface area contributed by atoms with E-state index in [1.165, 1.54) is 17.0 Å². The summed E-state index contributed by atoms with van der Waals surface area (Å²) in [5.74, 6) is 2.02. The van der Waals surface area contributed by atoms with Crippen molar-refractivity contribution in [2.24, 2.45) is 0 Å². The molecule has 0 N–H and O–H groups in total. The minimum absolute atomic E-state index is 0.445. The second-order valence-electron chi connectivity index (χ2n) is 6.14. The molecular weight excluding hydrogens is 248 g/mol. The number of hydrogen-bond donors (Lipinski definition) is 0. The lowest BCUT2D eigenvalue weighted by atomic mass is 10.0. The molecule has 1 rings (SSSR count). The summed E-state index contributed by atoms with van der Waals surface area (Å²) < 4.78 is 7.92. The van der Waals surface area contributed by atoms with Gasteiger partial charge in [-0.05, 0) is 32.6 Å². The van der Waals surface area contributed by atoms with Gasteiger partial charge in [0.25, 0.3) is 0 Å². The molecule has 3 heteroatoms. The van der Waals surface area contributed by atoms with E-state index in [9.17, 15) is 0 Å². The zero-order valence-corrected chi connectivity index (χ0v) is 14.2. The number of hydrogen-bond acceptors (Lipinski definition) is 2. The van der Waals surface area contributed by atoms with E-state index >= 15 is 0 Å². The predicted molar refractivity (Wildman–Crippen MR) is 85.2 cm³/mol. The van der Waals surface area contributed by atoms with Crippen LogP contribution < -0.4 is 0 Å². The van der Waals surface area contributed by atoms with E-state index in [4.69, 9.17) is 9.72 Å². The lowest BCUT2D eigenvalue weighted by molar-refractivity contribution is 0.0836. The number of ether oxygens (including phenoxy) is 1. The van der Waals surface area contributed by atoms with Crippen LogP contribution in [0.2, 0.25) is 0 Å². The first-order valence-electron chi connectivity index (χ1n) is 7.68. The summed E-state index contributed by atoms with van der Waals surface area (Å²) in [5.41, 5.74) is 3.87. The molecule has 0 spiro atoms. The van der Waals surface area contributed by atoms with E-state index in [0.717, 1.165) is 18.9 Å². The molecule has 0 atom stereocenters. The van der Waals surface area contributed by atoms with Gasteiger partial charge in [-0.2, -0.15) is 0 Å². The third kappa shape index (κ3) is 4.20. The molecule has 0 radical (unpaired) electrons. The fraction of sp³-hybridized carbons (Fsp3) is 0.706. The highest BCUT2D eigenvalue weighted by atomic mass is 16.5. The number of rotatable bonds is 7. The zero-order chi connectivity index (χ0) is 15.3. The van der Waals surface area contributed by atoms with Crippen LogP contribution in [0.3, 0.4) is 0 Å². The standard InChI is InChI=1S/C17H30N2O/c1-8-20-11-19-15(10-9-12(2)3)18-16(13(4)5)17(19)14(6)7/h9,13-14H,8,10-11H2,1-7H3. The largest absolute Gasteiger partial charge is 0.361 e. The molecule has 0 saturated carbocycles. The minimum Gasteiger partial charge on any atom is -0.361 e. The van der Waals surface area contributed by atoms with Crippen molar-refractivity contribution in [3.63, 3.8) is 0 Å². The van der Waals surface area contributed by atoms with Crippen molar-refractivity contribution in [3.8, 4) is 0 Å². The summed E-state index contributed by atoms with van der Waals surface area (Å²) in [4.78, 5) is 4.89. The number of imidazole rings is 1. The second-order valence-corrected chi connectivity index (χ2v) is 6.14. The lowest BCUT2D eigenvalue weighted by Crippen LogP contribution is -2.12. The van der Waals surface area contributed by atoms with Crippen molar-refractivity contribution < 1.29 is 4.74 Å². The summed E-state index contributed by atoms with van der Waals surface area (Å²) in [6, 6.07) is 0. The maximum atomic E-state index is 5.65. The fourth-order valence-electron chi connectivity index (χ4n) is 2.34. The van der Waals surface area contributed by atoms with Gasteiger partial charge >= 0.3 is 0 Å². The third-order valence-electron chi connectivity index (χ3n) is 3.33. The van der Waals surface area contributed by atoms with Gasteiger partial charge in [0.05, 0.1) is 5.69 Å². The SMILES string of the molecule is CCOCn1c(CC=C(C)C)nc(C(C)C)c1C(C)C. The highest BCUT2D eigenvalue weighted by molar-refractivity contribution is 5.24. The van der Waals surface area contributed by atoms with Gasteiger partial charge in [-0.3, -0.25) is 0 Å². The third-order valence-corrected chi connectivity index (χ3v) is 3.33. The molecule has 1 heterocycles. The molecule has 0 amide bonds. The van der Waals surface area contributed by atoms with Gasteiger partial charge in [0.1, 0.15) is 12.6 Å². The summed E-state index contributed by atoms with van der Waals surface area (Å²) in [6.07, 6.45) is 3.11. The van der Waals surface area contributed by atoms with E-state index in [0.29, 0.717) is 18.6 Å². The summed E-state index contributed by atoms with van der Waals surface area (Å²) >= 11 is 0. The molecule has 0 aliphatic carbocycles. The Morgan fingerprint density at radius 2 is 1.85 bits per heavy atom. The van der Waals surface area contributed by atoms with Crippen molar-refractivity contribution in [1.82, 2.24) is 9.55 Å². The molecule has 0 unspecified atom stereocenters. The first-order valence-corrected chi connectivity index (χ1v) is 7.68. The summed E-state index contributed by atoms with van der Waals surface area (Å²) in [5, 5.41) is 0. The van der Waals surface area contributed by atoms with Gasteiger partial charge in [-0.1, -0.05) is 39.3 Å². The van der Waals surface area contributed by atoms with Crippen molar-refractivity contribution in [3.05, 3.63) is 28.9 Å². The first-order chi connectivity index (χ1) is 9.38. The molecule has 0 bridgehead atoms. The predicted octanol–water partition coefficient (Wildman–Crippen LogP) is 4.63. The Bertz CT molecular complexity index is 452. The Morgan fingerprint density at radius 3 is 2.30 bits per heavy atom. The van der Waals surface area contributed by atoms with Gasteiger partial charge < -0.3 is 9.30 Å². The average molecular weight is 278 g/mol. The van der Waals surface area contributed by atoms with Crippen LogP contribution in [0.1, 0.15) is 77.5 Å². The first kappa shape index (κ1) is 17.0. The van der Waals surface area contributed by atoms with Crippen LogP contribution in [0.25, 0.3) is 0 Å². The van der Waals surface area contributed by atoms with Crippen LogP contribution in [0.4, 0.5) is 0 Å². The van der Waals surface area contributed by atoms with Crippen molar-refractivity contribution in [2.75, 3.05) is 6.61 Å². The molecule has 0 aliphatic heterocycles. The van der Waals surface area contributed by atoms with E-state index in [2.05, 4.69) is 52.2 Å². The molecule has 20 heavy (non-hydrogen) atoms. The number of aromatic nitrogens is 2. The van der Waals surface area contributed by atoms with E-state index < -0.39 is 0 Å². The van der Waals surface area contributed by atoms with Crippen molar-refractivity contribution in [1.29, 1.82) is 0 Å². The van der Waals surface area contributed by atoms with Gasteiger partial charge in [0.15, 0.2) is 0 Å². The minimum atomic E-state index is 0.445. The zero-order valence-electron chi connectivity index (χ0n) is 14.2. The van der Waals surface area contributed by atoms with Crippen LogP contribution in [0.15, 0.2) is 11.6 Å².